The summed E-state index contributed by atoms with van der Waals surface area (Å²) in [6, 6.07) is 2.68. The van der Waals surface area contributed by atoms with Crippen molar-refractivity contribution < 1.29 is 14.3 Å². The Kier molecular flexibility index (Phi) is 3.24. The van der Waals surface area contributed by atoms with Crippen LogP contribution in [0.25, 0.3) is 11.5 Å². The molecule has 0 aliphatic rings. The lowest BCUT2D eigenvalue weighted by atomic mass is 9.94. The predicted molar refractivity (Wildman–Crippen MR) is 62.4 cm³/mol. The van der Waals surface area contributed by atoms with Crippen molar-refractivity contribution in [2.45, 2.75) is 20.4 Å². The van der Waals surface area contributed by atoms with Crippen LogP contribution in [0.5, 0.6) is 0 Å². The molecule has 8 heteroatoms. The summed E-state index contributed by atoms with van der Waals surface area (Å²) in [4.78, 5) is 15.0. The van der Waals surface area contributed by atoms with Gasteiger partial charge in [0.1, 0.15) is 11.5 Å². The highest BCUT2D eigenvalue weighted by Crippen LogP contribution is 2.21. The Balaban J connectivity index is 2.33. The Labute approximate surface area is 108 Å². The first-order chi connectivity index (χ1) is 8.90. The van der Waals surface area contributed by atoms with Gasteiger partial charge in [0.25, 0.3) is 0 Å². The highest BCUT2D eigenvalue weighted by molar-refractivity contribution is 5.73. The van der Waals surface area contributed by atoms with Crippen molar-refractivity contribution in [3.63, 3.8) is 0 Å². The zero-order valence-corrected chi connectivity index (χ0v) is 10.4. The first-order valence-electron chi connectivity index (χ1n) is 5.51. The molecule has 7 nitrogen and oxygen atoms in total. The third kappa shape index (κ3) is 2.72. The van der Waals surface area contributed by atoms with Crippen LogP contribution in [0, 0.1) is 11.2 Å². The summed E-state index contributed by atoms with van der Waals surface area (Å²) in [5.74, 6) is -1.12. The summed E-state index contributed by atoms with van der Waals surface area (Å²) in [7, 11) is 0. The van der Waals surface area contributed by atoms with E-state index in [4.69, 9.17) is 5.11 Å². The van der Waals surface area contributed by atoms with Gasteiger partial charge in [-0.2, -0.15) is 0 Å². The fourth-order valence-electron chi connectivity index (χ4n) is 1.44. The summed E-state index contributed by atoms with van der Waals surface area (Å²) in [5, 5.41) is 20.1. The fourth-order valence-corrected chi connectivity index (χ4v) is 1.44. The van der Waals surface area contributed by atoms with Gasteiger partial charge < -0.3 is 5.11 Å². The minimum absolute atomic E-state index is 0.0870. The molecule has 2 rings (SSSR count). The SMILES string of the molecule is CC(C)(Cn1nnnc1-c1ccc(F)cn1)C(=O)O. The van der Waals surface area contributed by atoms with Crippen LogP contribution in [0.1, 0.15) is 13.8 Å². The first kappa shape index (κ1) is 13.1. The van der Waals surface area contributed by atoms with Gasteiger partial charge in [-0.1, -0.05) is 0 Å². The van der Waals surface area contributed by atoms with Gasteiger partial charge in [0.15, 0.2) is 0 Å². The van der Waals surface area contributed by atoms with E-state index >= 15 is 0 Å². The summed E-state index contributed by atoms with van der Waals surface area (Å²) in [6.45, 7) is 3.22. The Morgan fingerprint density at radius 3 is 2.79 bits per heavy atom. The topological polar surface area (TPSA) is 93.8 Å². The van der Waals surface area contributed by atoms with Crippen LogP contribution >= 0.6 is 0 Å². The second kappa shape index (κ2) is 4.71. The standard InChI is InChI=1S/C11H12FN5O2/c1-11(2,10(18)19)6-17-9(14-15-16-17)8-4-3-7(12)5-13-8/h3-5H,6H2,1-2H3,(H,18,19). The molecular formula is C11H12FN5O2. The van der Waals surface area contributed by atoms with Crippen molar-refractivity contribution in [1.82, 2.24) is 25.2 Å². The summed E-state index contributed by atoms with van der Waals surface area (Å²) in [5.41, 5.74) is -0.642. The second-order valence-electron chi connectivity index (χ2n) is 4.71. The van der Waals surface area contributed by atoms with Crippen LogP contribution in [0.15, 0.2) is 18.3 Å². The van der Waals surface area contributed by atoms with E-state index in [0.717, 1.165) is 6.20 Å². The van der Waals surface area contributed by atoms with Crippen molar-refractivity contribution >= 4 is 5.97 Å². The number of hydrogen-bond acceptors (Lipinski definition) is 5. The van der Waals surface area contributed by atoms with Crippen molar-refractivity contribution in [1.29, 1.82) is 0 Å². The molecule has 19 heavy (non-hydrogen) atoms. The van der Waals surface area contributed by atoms with Crippen LogP contribution < -0.4 is 0 Å². The Bertz CT molecular complexity index is 593. The molecule has 0 aliphatic heterocycles. The average molecular weight is 265 g/mol. The van der Waals surface area contributed by atoms with Crippen LogP contribution in [-0.4, -0.2) is 36.3 Å². The minimum atomic E-state index is -1.02. The van der Waals surface area contributed by atoms with Gasteiger partial charge in [-0.3, -0.25) is 4.79 Å². The number of nitrogens with zero attached hydrogens (tertiary/aromatic N) is 5. The molecule has 0 bridgehead atoms. The molecule has 0 atom stereocenters. The number of rotatable bonds is 4. The molecule has 2 heterocycles. The monoisotopic (exact) mass is 265 g/mol. The van der Waals surface area contributed by atoms with Gasteiger partial charge in [0.05, 0.1) is 18.2 Å². The predicted octanol–water partition coefficient (Wildman–Crippen LogP) is 0.985. The second-order valence-corrected chi connectivity index (χ2v) is 4.71. The first-order valence-corrected chi connectivity index (χ1v) is 5.51. The van der Waals surface area contributed by atoms with Crippen molar-refractivity contribution in [3.8, 4) is 11.5 Å². The number of carboxylic acid groups (broad SMARTS) is 1. The van der Waals surface area contributed by atoms with E-state index in [9.17, 15) is 9.18 Å². The molecule has 0 fully saturated rings. The smallest absolute Gasteiger partial charge is 0.310 e. The van der Waals surface area contributed by atoms with Gasteiger partial charge in [-0.05, 0) is 36.4 Å². The Morgan fingerprint density at radius 2 is 2.21 bits per heavy atom. The number of aromatic nitrogens is 5. The molecule has 0 saturated heterocycles. The summed E-state index contributed by atoms with van der Waals surface area (Å²) in [6.07, 6.45) is 1.05. The molecule has 0 radical (unpaired) electrons. The summed E-state index contributed by atoms with van der Waals surface area (Å²) < 4.78 is 14.1. The van der Waals surface area contributed by atoms with Crippen molar-refractivity contribution in [2.24, 2.45) is 5.41 Å². The van der Waals surface area contributed by atoms with Gasteiger partial charge in [0, 0.05) is 0 Å². The number of carbonyl (C=O) groups is 1. The van der Waals surface area contributed by atoms with E-state index < -0.39 is 17.2 Å². The Hall–Kier alpha value is -2.38. The Morgan fingerprint density at radius 1 is 1.47 bits per heavy atom. The third-order valence-corrected chi connectivity index (χ3v) is 2.61. The molecular weight excluding hydrogens is 253 g/mol. The van der Waals surface area contributed by atoms with E-state index in [-0.39, 0.29) is 6.54 Å². The average Bonchev–Trinajstić information content (AvgIpc) is 2.77. The van der Waals surface area contributed by atoms with Gasteiger partial charge >= 0.3 is 5.97 Å². The molecule has 0 amide bonds. The van der Waals surface area contributed by atoms with E-state index in [2.05, 4.69) is 20.5 Å². The van der Waals surface area contributed by atoms with E-state index in [1.807, 2.05) is 0 Å². The van der Waals surface area contributed by atoms with Gasteiger partial charge in [-0.15, -0.1) is 5.10 Å². The summed E-state index contributed by atoms with van der Waals surface area (Å²) >= 11 is 0. The maximum Gasteiger partial charge on any atom is 0.310 e. The molecule has 2 aromatic rings. The lowest BCUT2D eigenvalue weighted by Crippen LogP contribution is -2.30. The fraction of sp³-hybridized carbons (Fsp3) is 0.364. The number of hydrogen-bond donors (Lipinski definition) is 1. The van der Waals surface area contributed by atoms with Crippen LogP contribution in [0.3, 0.4) is 0 Å². The van der Waals surface area contributed by atoms with E-state index in [1.165, 1.54) is 16.8 Å². The maximum absolute atomic E-state index is 12.8. The number of tetrazole rings is 1. The van der Waals surface area contributed by atoms with E-state index in [1.54, 1.807) is 13.8 Å². The van der Waals surface area contributed by atoms with Gasteiger partial charge in [-0.25, -0.2) is 14.1 Å². The molecule has 2 aromatic heterocycles. The molecule has 0 aromatic carbocycles. The molecule has 0 aliphatic carbocycles. The van der Waals surface area contributed by atoms with Crippen molar-refractivity contribution in [3.05, 3.63) is 24.1 Å². The zero-order valence-electron chi connectivity index (χ0n) is 10.4. The van der Waals surface area contributed by atoms with Crippen LogP contribution in [-0.2, 0) is 11.3 Å². The van der Waals surface area contributed by atoms with E-state index in [0.29, 0.717) is 11.5 Å². The highest BCUT2D eigenvalue weighted by Gasteiger charge is 2.29. The molecule has 0 unspecified atom stereocenters. The molecule has 100 valence electrons. The van der Waals surface area contributed by atoms with Gasteiger partial charge in [0.2, 0.25) is 5.82 Å². The number of carboxylic acids is 1. The minimum Gasteiger partial charge on any atom is -0.481 e. The normalized spacial score (nSPS) is 11.5. The molecule has 1 N–H and O–H groups in total. The number of halogens is 1. The zero-order chi connectivity index (χ0) is 14.0. The lowest BCUT2D eigenvalue weighted by molar-refractivity contribution is -0.147. The molecule has 0 spiro atoms. The maximum atomic E-state index is 12.8. The highest BCUT2D eigenvalue weighted by atomic mass is 19.1. The van der Waals surface area contributed by atoms with Crippen LogP contribution in [0.2, 0.25) is 0 Å². The van der Waals surface area contributed by atoms with Crippen LogP contribution in [0.4, 0.5) is 4.39 Å². The molecule has 0 saturated carbocycles. The third-order valence-electron chi connectivity index (χ3n) is 2.61. The number of pyridine rings is 1. The lowest BCUT2D eigenvalue weighted by Gasteiger charge is -2.18. The largest absolute Gasteiger partial charge is 0.481 e. The number of aliphatic carboxylic acids is 1. The quantitative estimate of drug-likeness (QED) is 0.885. The van der Waals surface area contributed by atoms with Crippen molar-refractivity contribution in [2.75, 3.05) is 0 Å².